The zero-order valence-corrected chi connectivity index (χ0v) is 14.0. The highest BCUT2D eigenvalue weighted by molar-refractivity contribution is 7.98. The second-order valence-electron chi connectivity index (χ2n) is 4.72. The molecule has 0 saturated heterocycles. The van der Waals surface area contributed by atoms with E-state index >= 15 is 0 Å². The minimum absolute atomic E-state index is 0.561. The Balaban J connectivity index is 2.35. The second kappa shape index (κ2) is 7.09. The topological polar surface area (TPSA) is 75.1 Å². The molecule has 2 aromatic heterocycles. The molecule has 114 valence electrons. The summed E-state index contributed by atoms with van der Waals surface area (Å²) in [6.45, 7) is 3.92. The summed E-state index contributed by atoms with van der Waals surface area (Å²) >= 11 is 3.27. The lowest BCUT2D eigenvalue weighted by atomic mass is 10.2. The van der Waals surface area contributed by atoms with Gasteiger partial charge in [-0.25, -0.2) is 14.8 Å². The highest BCUT2D eigenvalue weighted by Gasteiger charge is 2.19. The van der Waals surface area contributed by atoms with Gasteiger partial charge in [0.05, 0.1) is 5.39 Å². The normalized spacial score (nSPS) is 12.5. The van der Waals surface area contributed by atoms with Gasteiger partial charge < -0.3 is 10.4 Å². The van der Waals surface area contributed by atoms with E-state index < -0.39 is 12.0 Å². The number of fused-ring (bicyclic) bond motifs is 1. The van der Waals surface area contributed by atoms with Crippen molar-refractivity contribution in [2.75, 3.05) is 17.3 Å². The summed E-state index contributed by atoms with van der Waals surface area (Å²) in [7, 11) is 0. The van der Waals surface area contributed by atoms with Crippen molar-refractivity contribution < 1.29 is 9.90 Å². The van der Waals surface area contributed by atoms with Gasteiger partial charge in [-0.1, -0.05) is 6.92 Å². The summed E-state index contributed by atoms with van der Waals surface area (Å²) in [6.07, 6.45) is 3.47. The molecule has 0 bridgehead atoms. The van der Waals surface area contributed by atoms with Crippen LogP contribution in [0.15, 0.2) is 6.07 Å². The maximum atomic E-state index is 11.4. The standard InChI is InChI=1S/C14H19N3O2S2/c1-4-9-7-10-12(15-8(2)16-13(10)21-9)17-11(14(18)19)5-6-20-3/h7,11H,4-6H2,1-3H3,(H,18,19)(H,15,16,17)/t11-/m0/s1. The Hall–Kier alpha value is -1.34. The predicted molar refractivity (Wildman–Crippen MR) is 89.6 cm³/mol. The van der Waals surface area contributed by atoms with Crippen LogP contribution >= 0.6 is 23.1 Å². The van der Waals surface area contributed by atoms with Gasteiger partial charge in [0.2, 0.25) is 0 Å². The van der Waals surface area contributed by atoms with Crippen LogP contribution in [0.1, 0.15) is 24.0 Å². The molecular formula is C14H19N3O2S2. The van der Waals surface area contributed by atoms with Gasteiger partial charge in [0.15, 0.2) is 0 Å². The number of hydrogen-bond acceptors (Lipinski definition) is 6. The van der Waals surface area contributed by atoms with Crippen molar-refractivity contribution in [3.05, 3.63) is 16.8 Å². The Morgan fingerprint density at radius 1 is 1.52 bits per heavy atom. The first-order valence-electron chi connectivity index (χ1n) is 6.80. The van der Waals surface area contributed by atoms with Gasteiger partial charge in [-0.3, -0.25) is 0 Å². The highest BCUT2D eigenvalue weighted by atomic mass is 32.2. The number of thiophene rings is 1. The highest BCUT2D eigenvalue weighted by Crippen LogP contribution is 2.29. The zero-order chi connectivity index (χ0) is 15.4. The van der Waals surface area contributed by atoms with E-state index in [4.69, 9.17) is 0 Å². The van der Waals surface area contributed by atoms with E-state index in [1.807, 2.05) is 13.2 Å². The third-order valence-electron chi connectivity index (χ3n) is 3.12. The van der Waals surface area contributed by atoms with Crippen molar-refractivity contribution in [2.45, 2.75) is 32.7 Å². The number of thioether (sulfide) groups is 1. The first-order chi connectivity index (χ1) is 10.0. The molecule has 0 saturated carbocycles. The number of aromatic nitrogens is 2. The largest absolute Gasteiger partial charge is 0.480 e. The van der Waals surface area contributed by atoms with E-state index in [-0.39, 0.29) is 0 Å². The molecule has 0 spiro atoms. The summed E-state index contributed by atoms with van der Waals surface area (Å²) in [5.41, 5.74) is 0. The van der Waals surface area contributed by atoms with E-state index in [9.17, 15) is 9.90 Å². The molecule has 0 aromatic carbocycles. The van der Waals surface area contributed by atoms with Gasteiger partial charge in [0, 0.05) is 4.88 Å². The van der Waals surface area contributed by atoms with Crippen molar-refractivity contribution in [1.82, 2.24) is 9.97 Å². The molecule has 0 aliphatic heterocycles. The van der Waals surface area contributed by atoms with E-state index in [1.165, 1.54) is 4.88 Å². The summed E-state index contributed by atoms with van der Waals surface area (Å²) < 4.78 is 0. The maximum Gasteiger partial charge on any atom is 0.326 e. The Kier molecular flexibility index (Phi) is 5.41. The van der Waals surface area contributed by atoms with Crippen molar-refractivity contribution >= 4 is 45.1 Å². The second-order valence-corrected chi connectivity index (χ2v) is 6.82. The first kappa shape index (κ1) is 16.0. The third kappa shape index (κ3) is 3.85. The SMILES string of the molecule is CCc1cc2c(N[C@@H](CCSC)C(=O)O)nc(C)nc2s1. The minimum atomic E-state index is -0.848. The van der Waals surface area contributed by atoms with Crippen molar-refractivity contribution in [3.63, 3.8) is 0 Å². The molecule has 7 heteroatoms. The van der Waals surface area contributed by atoms with E-state index in [2.05, 4.69) is 28.3 Å². The molecule has 0 fully saturated rings. The van der Waals surface area contributed by atoms with Crippen LogP contribution in [0.3, 0.4) is 0 Å². The average Bonchev–Trinajstić information content (AvgIpc) is 2.85. The summed E-state index contributed by atoms with van der Waals surface area (Å²) in [5, 5.41) is 13.3. The van der Waals surface area contributed by atoms with E-state index in [1.54, 1.807) is 23.1 Å². The third-order valence-corrected chi connectivity index (χ3v) is 4.94. The molecule has 0 radical (unpaired) electrons. The number of carboxylic acid groups (broad SMARTS) is 1. The van der Waals surface area contributed by atoms with E-state index in [0.29, 0.717) is 18.1 Å². The number of carboxylic acids is 1. The van der Waals surface area contributed by atoms with Crippen LogP contribution in [0, 0.1) is 6.92 Å². The van der Waals surface area contributed by atoms with Gasteiger partial charge in [-0.2, -0.15) is 11.8 Å². The van der Waals surface area contributed by atoms with E-state index in [0.717, 1.165) is 22.4 Å². The maximum absolute atomic E-state index is 11.4. The van der Waals surface area contributed by atoms with Gasteiger partial charge in [0.1, 0.15) is 22.5 Å². The average molecular weight is 325 g/mol. The molecule has 0 aliphatic carbocycles. The van der Waals surface area contributed by atoms with Crippen LogP contribution < -0.4 is 5.32 Å². The first-order valence-corrected chi connectivity index (χ1v) is 9.01. The fraction of sp³-hybridized carbons (Fsp3) is 0.500. The smallest absolute Gasteiger partial charge is 0.326 e. The van der Waals surface area contributed by atoms with Crippen molar-refractivity contribution in [3.8, 4) is 0 Å². The molecule has 2 heterocycles. The summed E-state index contributed by atoms with van der Waals surface area (Å²) in [6, 6.07) is 1.43. The minimum Gasteiger partial charge on any atom is -0.480 e. The van der Waals surface area contributed by atoms with Crippen LogP contribution in [0.5, 0.6) is 0 Å². The van der Waals surface area contributed by atoms with Crippen LogP contribution in [-0.4, -0.2) is 39.1 Å². The molecule has 2 aromatic rings. The number of carbonyl (C=O) groups is 1. The lowest BCUT2D eigenvalue weighted by molar-refractivity contribution is -0.137. The van der Waals surface area contributed by atoms with Gasteiger partial charge in [-0.15, -0.1) is 11.3 Å². The number of aliphatic carboxylic acids is 1. The van der Waals surface area contributed by atoms with Gasteiger partial charge in [0.25, 0.3) is 0 Å². The number of rotatable bonds is 7. The lowest BCUT2D eigenvalue weighted by Gasteiger charge is -2.15. The van der Waals surface area contributed by atoms with Crippen molar-refractivity contribution in [1.29, 1.82) is 0 Å². The molecule has 0 amide bonds. The fourth-order valence-electron chi connectivity index (χ4n) is 2.02. The van der Waals surface area contributed by atoms with Crippen LogP contribution in [-0.2, 0) is 11.2 Å². The van der Waals surface area contributed by atoms with Crippen LogP contribution in [0.4, 0.5) is 5.82 Å². The molecule has 21 heavy (non-hydrogen) atoms. The number of anilines is 1. The molecular weight excluding hydrogens is 306 g/mol. The van der Waals surface area contributed by atoms with Crippen LogP contribution in [0.25, 0.3) is 10.2 Å². The van der Waals surface area contributed by atoms with Crippen LogP contribution in [0.2, 0.25) is 0 Å². The fourth-order valence-corrected chi connectivity index (χ4v) is 3.50. The predicted octanol–water partition coefficient (Wildman–Crippen LogP) is 3.18. The quantitative estimate of drug-likeness (QED) is 0.814. The van der Waals surface area contributed by atoms with Crippen molar-refractivity contribution in [2.24, 2.45) is 0 Å². The number of nitrogens with zero attached hydrogens (tertiary/aromatic N) is 2. The Labute approximate surface area is 132 Å². The summed E-state index contributed by atoms with van der Waals surface area (Å²) in [5.74, 6) is 1.23. The monoisotopic (exact) mass is 325 g/mol. The Morgan fingerprint density at radius 2 is 2.29 bits per heavy atom. The van der Waals surface area contributed by atoms with Gasteiger partial charge >= 0.3 is 5.97 Å². The molecule has 0 unspecified atom stereocenters. The molecule has 2 N–H and O–H groups in total. The summed E-state index contributed by atoms with van der Waals surface area (Å²) in [4.78, 5) is 22.3. The number of nitrogens with one attached hydrogen (secondary N) is 1. The number of hydrogen-bond donors (Lipinski definition) is 2. The Morgan fingerprint density at radius 3 is 2.90 bits per heavy atom. The molecule has 1 atom stereocenters. The number of aryl methyl sites for hydroxylation is 2. The molecule has 0 aliphatic rings. The van der Waals surface area contributed by atoms with Gasteiger partial charge in [-0.05, 0) is 37.8 Å². The molecule has 5 nitrogen and oxygen atoms in total. The zero-order valence-electron chi connectivity index (χ0n) is 12.3. The Bertz CT molecular complexity index is 642. The lowest BCUT2D eigenvalue weighted by Crippen LogP contribution is -2.30. The molecule has 2 rings (SSSR count).